The predicted octanol–water partition coefficient (Wildman–Crippen LogP) is 3.69. The van der Waals surface area contributed by atoms with Crippen LogP contribution in [0.4, 0.5) is 0 Å². The van der Waals surface area contributed by atoms with E-state index in [0.29, 0.717) is 11.4 Å². The van der Waals surface area contributed by atoms with Crippen molar-refractivity contribution in [3.8, 4) is 0 Å². The number of aromatic nitrogens is 1. The van der Waals surface area contributed by atoms with E-state index in [1.54, 1.807) is 0 Å². The van der Waals surface area contributed by atoms with Crippen molar-refractivity contribution in [2.45, 2.75) is 26.4 Å². The number of hydrogen-bond donors (Lipinski definition) is 1. The Morgan fingerprint density at radius 2 is 2.18 bits per heavy atom. The van der Waals surface area contributed by atoms with Crippen molar-refractivity contribution in [3.05, 3.63) is 50.4 Å². The Morgan fingerprint density at radius 1 is 1.41 bits per heavy atom. The first kappa shape index (κ1) is 12.6. The SMILES string of the molecule is Cc1ccc(CC(O)c2nc(C)cs2)c(Cl)c1. The van der Waals surface area contributed by atoms with Crippen molar-refractivity contribution in [1.82, 2.24) is 4.98 Å². The lowest BCUT2D eigenvalue weighted by molar-refractivity contribution is 0.178. The molecule has 0 radical (unpaired) electrons. The van der Waals surface area contributed by atoms with Gasteiger partial charge in [-0.25, -0.2) is 4.98 Å². The van der Waals surface area contributed by atoms with E-state index < -0.39 is 6.10 Å². The fourth-order valence-electron chi connectivity index (χ4n) is 1.64. The smallest absolute Gasteiger partial charge is 0.122 e. The number of rotatable bonds is 3. The maximum Gasteiger partial charge on any atom is 0.122 e. The van der Waals surface area contributed by atoms with Gasteiger partial charge in [0.2, 0.25) is 0 Å². The third kappa shape index (κ3) is 3.06. The maximum absolute atomic E-state index is 10.1. The highest BCUT2D eigenvalue weighted by atomic mass is 35.5. The quantitative estimate of drug-likeness (QED) is 0.920. The van der Waals surface area contributed by atoms with Crippen LogP contribution in [-0.2, 0) is 6.42 Å². The number of aryl methyl sites for hydroxylation is 2. The lowest BCUT2D eigenvalue weighted by atomic mass is 10.1. The van der Waals surface area contributed by atoms with Crippen molar-refractivity contribution in [2.24, 2.45) is 0 Å². The van der Waals surface area contributed by atoms with Gasteiger partial charge in [0.1, 0.15) is 11.1 Å². The van der Waals surface area contributed by atoms with Crippen LogP contribution in [0.5, 0.6) is 0 Å². The van der Waals surface area contributed by atoms with Crippen LogP contribution < -0.4 is 0 Å². The summed E-state index contributed by atoms with van der Waals surface area (Å²) in [6, 6.07) is 5.87. The molecule has 1 heterocycles. The Hall–Kier alpha value is -0.900. The van der Waals surface area contributed by atoms with E-state index in [1.807, 2.05) is 37.4 Å². The van der Waals surface area contributed by atoms with Crippen LogP contribution in [0.1, 0.15) is 27.9 Å². The third-order valence-electron chi connectivity index (χ3n) is 2.54. The molecular weight excluding hydrogens is 254 g/mol. The fraction of sp³-hybridized carbons (Fsp3) is 0.308. The van der Waals surface area contributed by atoms with Crippen molar-refractivity contribution >= 4 is 22.9 Å². The predicted molar refractivity (Wildman–Crippen MR) is 71.7 cm³/mol. The monoisotopic (exact) mass is 267 g/mol. The van der Waals surface area contributed by atoms with E-state index in [9.17, 15) is 5.11 Å². The maximum atomic E-state index is 10.1. The number of hydrogen-bond acceptors (Lipinski definition) is 3. The summed E-state index contributed by atoms with van der Waals surface area (Å²) in [5.74, 6) is 0. The molecule has 0 saturated heterocycles. The van der Waals surface area contributed by atoms with Gasteiger partial charge >= 0.3 is 0 Å². The molecule has 17 heavy (non-hydrogen) atoms. The molecule has 1 unspecified atom stereocenters. The highest BCUT2D eigenvalue weighted by Gasteiger charge is 2.13. The molecule has 1 atom stereocenters. The molecule has 1 aromatic carbocycles. The molecule has 0 aliphatic rings. The zero-order valence-electron chi connectivity index (χ0n) is 9.77. The third-order valence-corrected chi connectivity index (χ3v) is 3.96. The minimum absolute atomic E-state index is 0.506. The second-order valence-corrected chi connectivity index (χ2v) is 5.44. The van der Waals surface area contributed by atoms with Gasteiger partial charge in [-0.3, -0.25) is 0 Å². The highest BCUT2D eigenvalue weighted by molar-refractivity contribution is 7.09. The Labute approximate surface area is 110 Å². The molecule has 0 fully saturated rings. The Morgan fingerprint density at radius 3 is 2.76 bits per heavy atom. The molecule has 0 bridgehead atoms. The van der Waals surface area contributed by atoms with Gasteiger partial charge < -0.3 is 5.11 Å². The van der Waals surface area contributed by atoms with Crippen LogP contribution in [0, 0.1) is 13.8 Å². The minimum Gasteiger partial charge on any atom is -0.386 e. The number of nitrogens with zero attached hydrogens (tertiary/aromatic N) is 1. The molecule has 4 heteroatoms. The number of thiazole rings is 1. The number of aliphatic hydroxyl groups excluding tert-OH is 1. The Bertz CT molecular complexity index is 524. The molecule has 90 valence electrons. The summed E-state index contributed by atoms with van der Waals surface area (Å²) in [4.78, 5) is 4.28. The van der Waals surface area contributed by atoms with Crippen molar-refractivity contribution in [3.63, 3.8) is 0 Å². The summed E-state index contributed by atoms with van der Waals surface area (Å²) < 4.78 is 0. The summed E-state index contributed by atoms with van der Waals surface area (Å²) in [6.45, 7) is 3.92. The van der Waals surface area contributed by atoms with Gasteiger partial charge in [-0.1, -0.05) is 23.7 Å². The lowest BCUT2D eigenvalue weighted by Crippen LogP contribution is -2.02. The molecule has 0 saturated carbocycles. The lowest BCUT2D eigenvalue weighted by Gasteiger charge is -2.09. The van der Waals surface area contributed by atoms with Crippen LogP contribution in [0.2, 0.25) is 5.02 Å². The molecule has 0 aliphatic carbocycles. The molecule has 1 N–H and O–H groups in total. The molecule has 1 aromatic heterocycles. The summed E-state index contributed by atoms with van der Waals surface area (Å²) >= 11 is 7.62. The van der Waals surface area contributed by atoms with Crippen molar-refractivity contribution < 1.29 is 5.11 Å². The van der Waals surface area contributed by atoms with E-state index >= 15 is 0 Å². The van der Waals surface area contributed by atoms with Crippen LogP contribution in [-0.4, -0.2) is 10.1 Å². The van der Waals surface area contributed by atoms with Crippen LogP contribution in [0.25, 0.3) is 0 Å². The number of benzene rings is 1. The van der Waals surface area contributed by atoms with E-state index in [-0.39, 0.29) is 0 Å². The van der Waals surface area contributed by atoms with Gasteiger partial charge in [0.15, 0.2) is 0 Å². The minimum atomic E-state index is -0.575. The average Bonchev–Trinajstić information content (AvgIpc) is 2.69. The van der Waals surface area contributed by atoms with Gasteiger partial charge in [-0.05, 0) is 31.0 Å². The highest BCUT2D eigenvalue weighted by Crippen LogP contribution is 2.26. The largest absolute Gasteiger partial charge is 0.386 e. The molecule has 2 rings (SSSR count). The van der Waals surface area contributed by atoms with Crippen LogP contribution in [0.15, 0.2) is 23.6 Å². The second-order valence-electron chi connectivity index (χ2n) is 4.14. The van der Waals surface area contributed by atoms with Crippen molar-refractivity contribution in [1.29, 1.82) is 0 Å². The number of aliphatic hydroxyl groups is 1. The average molecular weight is 268 g/mol. The first-order valence-electron chi connectivity index (χ1n) is 5.41. The normalized spacial score (nSPS) is 12.7. The van der Waals surface area contributed by atoms with Crippen LogP contribution >= 0.6 is 22.9 Å². The summed E-state index contributed by atoms with van der Waals surface area (Å²) in [7, 11) is 0. The molecular formula is C13H14ClNOS. The summed E-state index contributed by atoms with van der Waals surface area (Å²) in [5, 5.41) is 13.5. The van der Waals surface area contributed by atoms with E-state index in [1.165, 1.54) is 11.3 Å². The second kappa shape index (κ2) is 5.17. The molecule has 2 nitrogen and oxygen atoms in total. The molecule has 0 spiro atoms. The Kier molecular flexibility index (Phi) is 3.82. The topological polar surface area (TPSA) is 33.1 Å². The first-order chi connectivity index (χ1) is 8.06. The van der Waals surface area contributed by atoms with Crippen molar-refractivity contribution in [2.75, 3.05) is 0 Å². The fourth-order valence-corrected chi connectivity index (χ4v) is 2.73. The van der Waals surface area contributed by atoms with Crippen LogP contribution in [0.3, 0.4) is 0 Å². The standard InChI is InChI=1S/C13H14ClNOS/c1-8-3-4-10(11(14)5-8)6-12(16)13-15-9(2)7-17-13/h3-5,7,12,16H,6H2,1-2H3. The zero-order chi connectivity index (χ0) is 12.4. The summed E-state index contributed by atoms with van der Waals surface area (Å²) in [5.41, 5.74) is 3.02. The van der Waals surface area contributed by atoms with Gasteiger partial charge in [0, 0.05) is 22.5 Å². The van der Waals surface area contributed by atoms with Gasteiger partial charge in [0.25, 0.3) is 0 Å². The van der Waals surface area contributed by atoms with Gasteiger partial charge in [0.05, 0.1) is 0 Å². The molecule has 0 aliphatic heterocycles. The summed E-state index contributed by atoms with van der Waals surface area (Å²) in [6.07, 6.45) is -0.0691. The van der Waals surface area contributed by atoms with E-state index in [0.717, 1.165) is 21.8 Å². The van der Waals surface area contributed by atoms with Gasteiger partial charge in [-0.2, -0.15) is 0 Å². The zero-order valence-corrected chi connectivity index (χ0v) is 11.3. The van der Waals surface area contributed by atoms with E-state index in [4.69, 9.17) is 11.6 Å². The first-order valence-corrected chi connectivity index (χ1v) is 6.67. The van der Waals surface area contributed by atoms with Gasteiger partial charge in [-0.15, -0.1) is 11.3 Å². The molecule has 0 amide bonds. The Balaban J connectivity index is 2.15. The number of halogens is 1. The molecule has 2 aromatic rings. The van der Waals surface area contributed by atoms with E-state index in [2.05, 4.69) is 4.98 Å².